The molecule has 1 aromatic heterocycles. The van der Waals surface area contributed by atoms with Crippen molar-refractivity contribution in [3.8, 4) is 6.07 Å². The van der Waals surface area contributed by atoms with Crippen LogP contribution in [0.15, 0.2) is 12.1 Å². The van der Waals surface area contributed by atoms with Crippen LogP contribution in [0.1, 0.15) is 37.4 Å². The summed E-state index contributed by atoms with van der Waals surface area (Å²) in [5.41, 5.74) is 1.62. The van der Waals surface area contributed by atoms with E-state index < -0.39 is 0 Å². The molecule has 19 heavy (non-hydrogen) atoms. The summed E-state index contributed by atoms with van der Waals surface area (Å²) >= 11 is 0. The Hall–Kier alpha value is -1.60. The summed E-state index contributed by atoms with van der Waals surface area (Å²) in [6.07, 6.45) is 3.50. The number of aryl methyl sites for hydroxylation is 1. The number of hydrogen-bond acceptors (Lipinski definition) is 4. The van der Waals surface area contributed by atoms with Gasteiger partial charge in [-0.2, -0.15) is 5.26 Å². The quantitative estimate of drug-likeness (QED) is 0.900. The van der Waals surface area contributed by atoms with Gasteiger partial charge in [0.1, 0.15) is 5.82 Å². The minimum absolute atomic E-state index is 0.495. The van der Waals surface area contributed by atoms with Crippen molar-refractivity contribution in [1.82, 2.24) is 10.3 Å². The minimum Gasteiger partial charge on any atom is -0.352 e. The Balaban J connectivity index is 2.27. The smallest absolute Gasteiger partial charge is 0.130 e. The van der Waals surface area contributed by atoms with Crippen molar-refractivity contribution in [2.24, 2.45) is 0 Å². The van der Waals surface area contributed by atoms with Gasteiger partial charge in [0.2, 0.25) is 0 Å². The number of aromatic nitrogens is 1. The number of piperidine rings is 1. The van der Waals surface area contributed by atoms with Gasteiger partial charge in [-0.25, -0.2) is 4.98 Å². The number of hydrogen-bond donors (Lipinski definition) is 1. The molecule has 0 radical (unpaired) electrons. The second kappa shape index (κ2) is 6.53. The maximum atomic E-state index is 9.10. The Kier molecular flexibility index (Phi) is 4.75. The maximum Gasteiger partial charge on any atom is 0.130 e. The van der Waals surface area contributed by atoms with Crippen molar-refractivity contribution < 1.29 is 0 Å². The molecule has 0 bridgehead atoms. The molecule has 4 nitrogen and oxygen atoms in total. The highest BCUT2D eigenvalue weighted by Gasteiger charge is 2.22. The Bertz CT molecular complexity index is 458. The van der Waals surface area contributed by atoms with Gasteiger partial charge in [0.05, 0.1) is 11.6 Å². The van der Waals surface area contributed by atoms with Gasteiger partial charge in [0, 0.05) is 24.8 Å². The normalized spacial score (nSPS) is 18.9. The molecule has 2 rings (SSSR count). The molecule has 1 N–H and O–H groups in total. The van der Waals surface area contributed by atoms with Gasteiger partial charge in [0.15, 0.2) is 0 Å². The lowest BCUT2D eigenvalue weighted by Crippen LogP contribution is -2.46. The van der Waals surface area contributed by atoms with Crippen molar-refractivity contribution in [1.29, 1.82) is 5.26 Å². The first-order valence-electron chi connectivity index (χ1n) is 7.10. The van der Waals surface area contributed by atoms with Gasteiger partial charge in [-0.3, -0.25) is 0 Å². The van der Waals surface area contributed by atoms with Crippen LogP contribution in [0.3, 0.4) is 0 Å². The van der Waals surface area contributed by atoms with Crippen LogP contribution < -0.4 is 10.2 Å². The Morgan fingerprint density at radius 3 is 3.00 bits per heavy atom. The van der Waals surface area contributed by atoms with Gasteiger partial charge in [0.25, 0.3) is 0 Å². The largest absolute Gasteiger partial charge is 0.352 e. The minimum atomic E-state index is 0.495. The highest BCUT2D eigenvalue weighted by molar-refractivity contribution is 5.47. The molecule has 0 aromatic carbocycles. The van der Waals surface area contributed by atoms with E-state index in [1.165, 1.54) is 12.8 Å². The highest BCUT2D eigenvalue weighted by Crippen LogP contribution is 2.21. The molecule has 1 fully saturated rings. The van der Waals surface area contributed by atoms with E-state index in [1.54, 1.807) is 0 Å². The van der Waals surface area contributed by atoms with E-state index in [0.717, 1.165) is 37.6 Å². The van der Waals surface area contributed by atoms with Crippen LogP contribution >= 0.6 is 0 Å². The molecule has 1 saturated heterocycles. The topological polar surface area (TPSA) is 52.0 Å². The molecule has 0 amide bonds. The van der Waals surface area contributed by atoms with E-state index in [1.807, 2.05) is 19.1 Å². The average molecular weight is 258 g/mol. The number of rotatable bonds is 4. The third kappa shape index (κ3) is 3.45. The van der Waals surface area contributed by atoms with Gasteiger partial charge >= 0.3 is 0 Å². The summed E-state index contributed by atoms with van der Waals surface area (Å²) in [6.45, 7) is 7.25. The average Bonchev–Trinajstić information content (AvgIpc) is 2.45. The van der Waals surface area contributed by atoms with Crippen molar-refractivity contribution in [3.05, 3.63) is 23.4 Å². The number of nitriles is 1. The van der Waals surface area contributed by atoms with Crippen LogP contribution in [-0.4, -0.2) is 30.7 Å². The second-order valence-corrected chi connectivity index (χ2v) is 5.16. The fraction of sp³-hybridized carbons (Fsp3) is 0.600. The number of pyridine rings is 1. The van der Waals surface area contributed by atoms with Crippen molar-refractivity contribution in [3.63, 3.8) is 0 Å². The lowest BCUT2D eigenvalue weighted by molar-refractivity contribution is 0.429. The second-order valence-electron chi connectivity index (χ2n) is 5.16. The van der Waals surface area contributed by atoms with Gasteiger partial charge in [-0.1, -0.05) is 6.92 Å². The zero-order chi connectivity index (χ0) is 13.7. The van der Waals surface area contributed by atoms with Crippen LogP contribution in [0.25, 0.3) is 0 Å². The van der Waals surface area contributed by atoms with Crippen LogP contribution in [0.5, 0.6) is 0 Å². The van der Waals surface area contributed by atoms with E-state index in [0.29, 0.717) is 11.6 Å². The summed E-state index contributed by atoms with van der Waals surface area (Å²) in [5, 5.41) is 12.6. The molecule has 102 valence electrons. The monoisotopic (exact) mass is 258 g/mol. The lowest BCUT2D eigenvalue weighted by Gasteiger charge is -2.35. The summed E-state index contributed by atoms with van der Waals surface area (Å²) in [7, 11) is 0. The lowest BCUT2D eigenvalue weighted by atomic mass is 10.1. The molecule has 4 heteroatoms. The highest BCUT2D eigenvalue weighted by atomic mass is 15.2. The van der Waals surface area contributed by atoms with Crippen LogP contribution in [-0.2, 0) is 0 Å². The number of anilines is 1. The summed E-state index contributed by atoms with van der Waals surface area (Å²) in [6, 6.07) is 6.47. The Morgan fingerprint density at radius 2 is 2.37 bits per heavy atom. The molecule has 1 aliphatic heterocycles. The van der Waals surface area contributed by atoms with Crippen molar-refractivity contribution in [2.75, 3.05) is 24.5 Å². The predicted octanol–water partition coefficient (Wildman–Crippen LogP) is 2.23. The molecular formula is C15H22N4. The van der Waals surface area contributed by atoms with Crippen LogP contribution in [0.4, 0.5) is 5.82 Å². The first-order chi connectivity index (χ1) is 9.24. The molecular weight excluding hydrogens is 236 g/mol. The SMILES string of the molecule is CCCN(c1cc(C#N)cc(C)n1)C1CCCNC1. The first-order valence-corrected chi connectivity index (χ1v) is 7.10. The fourth-order valence-electron chi connectivity index (χ4n) is 2.69. The van der Waals surface area contributed by atoms with E-state index in [2.05, 4.69) is 28.2 Å². The molecule has 0 saturated carbocycles. The molecule has 0 spiro atoms. The molecule has 1 aromatic rings. The molecule has 1 unspecified atom stereocenters. The van der Waals surface area contributed by atoms with Gasteiger partial charge in [-0.15, -0.1) is 0 Å². The Labute approximate surface area is 115 Å². The molecule has 0 aliphatic carbocycles. The zero-order valence-corrected chi connectivity index (χ0v) is 11.8. The van der Waals surface area contributed by atoms with Gasteiger partial charge in [-0.05, 0) is 44.9 Å². The number of nitrogens with one attached hydrogen (secondary N) is 1. The number of nitrogens with zero attached hydrogens (tertiary/aromatic N) is 3. The molecule has 1 aliphatic rings. The summed E-state index contributed by atoms with van der Waals surface area (Å²) in [4.78, 5) is 6.98. The summed E-state index contributed by atoms with van der Waals surface area (Å²) in [5.74, 6) is 0.951. The molecule has 2 heterocycles. The van der Waals surface area contributed by atoms with Crippen molar-refractivity contribution >= 4 is 5.82 Å². The third-order valence-electron chi connectivity index (χ3n) is 3.54. The van der Waals surface area contributed by atoms with Crippen LogP contribution in [0.2, 0.25) is 0 Å². The van der Waals surface area contributed by atoms with Crippen LogP contribution in [0, 0.1) is 18.3 Å². The zero-order valence-electron chi connectivity index (χ0n) is 11.8. The maximum absolute atomic E-state index is 9.10. The van der Waals surface area contributed by atoms with Gasteiger partial charge < -0.3 is 10.2 Å². The van der Waals surface area contributed by atoms with Crippen molar-refractivity contribution in [2.45, 2.75) is 39.2 Å². The Morgan fingerprint density at radius 1 is 1.53 bits per heavy atom. The van der Waals surface area contributed by atoms with E-state index in [4.69, 9.17) is 5.26 Å². The summed E-state index contributed by atoms with van der Waals surface area (Å²) < 4.78 is 0. The standard InChI is InChI=1S/C15H22N4/c1-3-7-19(14-5-4-6-17-11-14)15-9-13(10-16)8-12(2)18-15/h8-9,14,17H,3-7,11H2,1-2H3. The first kappa shape index (κ1) is 13.8. The van der Waals surface area contributed by atoms with E-state index in [9.17, 15) is 0 Å². The molecule has 1 atom stereocenters. The predicted molar refractivity (Wildman–Crippen MR) is 77.2 cm³/mol. The third-order valence-corrected chi connectivity index (χ3v) is 3.54. The van der Waals surface area contributed by atoms with E-state index in [-0.39, 0.29) is 0 Å². The fourth-order valence-corrected chi connectivity index (χ4v) is 2.69. The van der Waals surface area contributed by atoms with E-state index >= 15 is 0 Å².